The monoisotopic (exact) mass is 271 g/mol. The molecule has 0 aliphatic carbocycles. The van der Waals surface area contributed by atoms with Gasteiger partial charge in [0.25, 0.3) is 0 Å². The highest BCUT2D eigenvalue weighted by atomic mass is 19.1. The zero-order chi connectivity index (χ0) is 14.5. The maximum absolute atomic E-state index is 13.1. The summed E-state index contributed by atoms with van der Waals surface area (Å²) in [4.78, 5) is 14.4. The Kier molecular flexibility index (Phi) is 4.51. The first-order chi connectivity index (χ1) is 9.65. The average Bonchev–Trinajstić information content (AvgIpc) is 2.48. The molecule has 0 radical (unpaired) electrons. The van der Waals surface area contributed by atoms with Crippen LogP contribution in [0.2, 0.25) is 0 Å². The molecule has 2 nitrogen and oxygen atoms in total. The Morgan fingerprint density at radius 1 is 1.00 bits per heavy atom. The van der Waals surface area contributed by atoms with Crippen molar-refractivity contribution in [2.45, 2.75) is 13.8 Å². The van der Waals surface area contributed by atoms with E-state index in [0.717, 1.165) is 18.8 Å². The fourth-order valence-electron chi connectivity index (χ4n) is 2.21. The van der Waals surface area contributed by atoms with Gasteiger partial charge in [0.1, 0.15) is 5.82 Å². The van der Waals surface area contributed by atoms with E-state index in [9.17, 15) is 9.18 Å². The Balaban J connectivity index is 2.24. The zero-order valence-corrected chi connectivity index (χ0v) is 11.8. The highest BCUT2D eigenvalue weighted by Crippen LogP contribution is 2.17. The van der Waals surface area contributed by atoms with Crippen LogP contribution in [0.4, 0.5) is 10.1 Å². The van der Waals surface area contributed by atoms with Crippen molar-refractivity contribution in [2.24, 2.45) is 0 Å². The van der Waals surface area contributed by atoms with E-state index in [1.807, 2.05) is 12.1 Å². The van der Waals surface area contributed by atoms with Crippen LogP contribution in [0, 0.1) is 5.82 Å². The van der Waals surface area contributed by atoms with Crippen LogP contribution in [0.5, 0.6) is 0 Å². The van der Waals surface area contributed by atoms with Gasteiger partial charge in [-0.3, -0.25) is 4.79 Å². The second-order valence-corrected chi connectivity index (χ2v) is 4.56. The number of carbonyl (C=O) groups is 1. The van der Waals surface area contributed by atoms with Gasteiger partial charge in [-0.2, -0.15) is 0 Å². The van der Waals surface area contributed by atoms with Crippen molar-refractivity contribution >= 4 is 11.5 Å². The van der Waals surface area contributed by atoms with Gasteiger partial charge in [-0.25, -0.2) is 4.39 Å². The Bertz CT molecular complexity index is 588. The smallest absolute Gasteiger partial charge is 0.193 e. The molecule has 2 rings (SSSR count). The highest BCUT2D eigenvalue weighted by molar-refractivity contribution is 6.09. The molecule has 0 bridgehead atoms. The zero-order valence-electron chi connectivity index (χ0n) is 11.8. The molecule has 2 aromatic carbocycles. The van der Waals surface area contributed by atoms with Crippen LogP contribution in [-0.2, 0) is 0 Å². The fraction of sp³-hybridized carbons (Fsp3) is 0.235. The summed E-state index contributed by atoms with van der Waals surface area (Å²) in [6.45, 7) is 6.03. The molecule has 0 N–H and O–H groups in total. The summed E-state index contributed by atoms with van der Waals surface area (Å²) >= 11 is 0. The number of hydrogen-bond acceptors (Lipinski definition) is 2. The second kappa shape index (κ2) is 6.33. The number of rotatable bonds is 5. The summed E-state index contributed by atoms with van der Waals surface area (Å²) < 4.78 is 13.1. The van der Waals surface area contributed by atoms with E-state index in [0.29, 0.717) is 11.1 Å². The van der Waals surface area contributed by atoms with Crippen molar-refractivity contribution in [3.05, 3.63) is 65.5 Å². The third kappa shape index (κ3) is 3.05. The second-order valence-electron chi connectivity index (χ2n) is 4.56. The molecule has 0 spiro atoms. The molecule has 0 aromatic heterocycles. The van der Waals surface area contributed by atoms with E-state index in [1.54, 1.807) is 24.3 Å². The molecule has 2 aromatic rings. The summed E-state index contributed by atoms with van der Waals surface area (Å²) in [5, 5.41) is 0. The Hall–Kier alpha value is -2.16. The molecule has 0 fully saturated rings. The van der Waals surface area contributed by atoms with Crippen molar-refractivity contribution < 1.29 is 9.18 Å². The molecule has 0 atom stereocenters. The predicted octanol–water partition coefficient (Wildman–Crippen LogP) is 3.90. The van der Waals surface area contributed by atoms with Gasteiger partial charge in [-0.15, -0.1) is 0 Å². The fourth-order valence-corrected chi connectivity index (χ4v) is 2.21. The molecule has 20 heavy (non-hydrogen) atoms. The first-order valence-corrected chi connectivity index (χ1v) is 6.81. The van der Waals surface area contributed by atoms with Crippen molar-refractivity contribution in [3.8, 4) is 0 Å². The topological polar surface area (TPSA) is 20.3 Å². The summed E-state index contributed by atoms with van der Waals surface area (Å²) in [6, 6.07) is 13.2. The average molecular weight is 271 g/mol. The lowest BCUT2D eigenvalue weighted by molar-refractivity contribution is 0.103. The number of benzene rings is 2. The molecule has 3 heteroatoms. The molecule has 0 aliphatic rings. The van der Waals surface area contributed by atoms with Gasteiger partial charge in [0, 0.05) is 29.9 Å². The number of halogens is 1. The van der Waals surface area contributed by atoms with Crippen molar-refractivity contribution in [3.63, 3.8) is 0 Å². The van der Waals surface area contributed by atoms with E-state index >= 15 is 0 Å². The lowest BCUT2D eigenvalue weighted by Gasteiger charge is -2.21. The van der Waals surface area contributed by atoms with Gasteiger partial charge in [0.15, 0.2) is 5.78 Å². The molecule has 0 aliphatic heterocycles. The van der Waals surface area contributed by atoms with Crippen LogP contribution in [0.15, 0.2) is 48.5 Å². The standard InChI is InChI=1S/C17H18FNO/c1-3-19(4-2)16-10-8-13(9-11-16)17(20)14-6-5-7-15(18)12-14/h5-12H,3-4H2,1-2H3. The van der Waals surface area contributed by atoms with Crippen LogP contribution < -0.4 is 4.90 Å². The van der Waals surface area contributed by atoms with Gasteiger partial charge >= 0.3 is 0 Å². The minimum atomic E-state index is -0.393. The molecule has 0 unspecified atom stereocenters. The predicted molar refractivity (Wildman–Crippen MR) is 79.8 cm³/mol. The Labute approximate surface area is 118 Å². The first-order valence-electron chi connectivity index (χ1n) is 6.81. The number of hydrogen-bond donors (Lipinski definition) is 0. The quantitative estimate of drug-likeness (QED) is 0.769. The SMILES string of the molecule is CCN(CC)c1ccc(C(=O)c2cccc(F)c2)cc1. The molecular weight excluding hydrogens is 253 g/mol. The van der Waals surface area contributed by atoms with E-state index in [-0.39, 0.29) is 5.78 Å². The molecule has 0 amide bonds. The third-order valence-electron chi connectivity index (χ3n) is 3.34. The van der Waals surface area contributed by atoms with Crippen molar-refractivity contribution in [1.29, 1.82) is 0 Å². The molecule has 0 heterocycles. The lowest BCUT2D eigenvalue weighted by Crippen LogP contribution is -2.21. The molecule has 104 valence electrons. The van der Waals surface area contributed by atoms with E-state index in [4.69, 9.17) is 0 Å². The lowest BCUT2D eigenvalue weighted by atomic mass is 10.0. The number of carbonyl (C=O) groups excluding carboxylic acids is 1. The maximum atomic E-state index is 13.1. The van der Waals surface area contributed by atoms with Crippen LogP contribution in [0.25, 0.3) is 0 Å². The van der Waals surface area contributed by atoms with Crippen LogP contribution in [0.1, 0.15) is 29.8 Å². The van der Waals surface area contributed by atoms with Gasteiger partial charge < -0.3 is 4.90 Å². The normalized spacial score (nSPS) is 10.3. The van der Waals surface area contributed by atoms with Crippen molar-refractivity contribution in [2.75, 3.05) is 18.0 Å². The summed E-state index contributed by atoms with van der Waals surface area (Å²) in [6.07, 6.45) is 0. The number of ketones is 1. The van der Waals surface area contributed by atoms with E-state index in [2.05, 4.69) is 18.7 Å². The van der Waals surface area contributed by atoms with Gasteiger partial charge in [0.05, 0.1) is 0 Å². The molecule has 0 saturated carbocycles. The van der Waals surface area contributed by atoms with Gasteiger partial charge in [0.2, 0.25) is 0 Å². The minimum Gasteiger partial charge on any atom is -0.372 e. The van der Waals surface area contributed by atoms with Gasteiger partial charge in [-0.05, 0) is 50.2 Å². The van der Waals surface area contributed by atoms with Crippen LogP contribution >= 0.6 is 0 Å². The highest BCUT2D eigenvalue weighted by Gasteiger charge is 2.10. The minimum absolute atomic E-state index is 0.157. The maximum Gasteiger partial charge on any atom is 0.193 e. The van der Waals surface area contributed by atoms with E-state index in [1.165, 1.54) is 12.1 Å². The molecule has 0 saturated heterocycles. The van der Waals surface area contributed by atoms with Crippen molar-refractivity contribution in [1.82, 2.24) is 0 Å². The Morgan fingerprint density at radius 3 is 2.20 bits per heavy atom. The van der Waals surface area contributed by atoms with E-state index < -0.39 is 5.82 Å². The summed E-state index contributed by atoms with van der Waals surface area (Å²) in [5.41, 5.74) is 2.04. The Morgan fingerprint density at radius 2 is 1.65 bits per heavy atom. The van der Waals surface area contributed by atoms with Crippen LogP contribution in [0.3, 0.4) is 0 Å². The van der Waals surface area contributed by atoms with Gasteiger partial charge in [-0.1, -0.05) is 12.1 Å². The number of nitrogens with zero attached hydrogens (tertiary/aromatic N) is 1. The summed E-state index contributed by atoms with van der Waals surface area (Å²) in [5.74, 6) is -0.550. The number of anilines is 1. The molecular formula is C17H18FNO. The largest absolute Gasteiger partial charge is 0.372 e. The third-order valence-corrected chi connectivity index (χ3v) is 3.34. The van der Waals surface area contributed by atoms with Crippen LogP contribution in [-0.4, -0.2) is 18.9 Å². The first kappa shape index (κ1) is 14.3. The summed E-state index contributed by atoms with van der Waals surface area (Å²) in [7, 11) is 0.